The number of rotatable bonds is 6. The molecular formula is C18H20N4O6S. The van der Waals surface area contributed by atoms with E-state index in [0.29, 0.717) is 5.56 Å². The fraction of sp³-hybridized carbons (Fsp3) is 0.222. The lowest BCUT2D eigenvalue weighted by Crippen LogP contribution is -2.46. The number of carbonyl (C=O) groups excluding carboxylic acids is 2. The van der Waals surface area contributed by atoms with Crippen LogP contribution in [0.4, 0.5) is 5.69 Å². The van der Waals surface area contributed by atoms with E-state index in [2.05, 4.69) is 10.9 Å². The van der Waals surface area contributed by atoms with Gasteiger partial charge in [0, 0.05) is 24.2 Å². The first-order valence-corrected chi connectivity index (χ1v) is 9.83. The smallest absolute Gasteiger partial charge is 0.272 e. The lowest BCUT2D eigenvalue weighted by atomic mass is 10.1. The third-order valence-corrected chi connectivity index (χ3v) is 5.90. The molecule has 0 aromatic heterocycles. The van der Waals surface area contributed by atoms with Gasteiger partial charge in [0.05, 0.1) is 16.4 Å². The predicted octanol–water partition coefficient (Wildman–Crippen LogP) is 1.29. The largest absolute Gasteiger partial charge is 0.273 e. The molecule has 0 fully saturated rings. The normalized spacial score (nSPS) is 11.2. The second-order valence-corrected chi connectivity index (χ2v) is 8.38. The van der Waals surface area contributed by atoms with Gasteiger partial charge in [-0.25, -0.2) is 8.42 Å². The number of sulfonamides is 1. The summed E-state index contributed by atoms with van der Waals surface area (Å²) in [6.07, 6.45) is 0. The topological polar surface area (TPSA) is 139 Å². The Labute approximate surface area is 167 Å². The quantitative estimate of drug-likeness (QED) is 0.533. The molecule has 10 nitrogen and oxygen atoms in total. The van der Waals surface area contributed by atoms with Gasteiger partial charge >= 0.3 is 0 Å². The zero-order chi connectivity index (χ0) is 21.8. The Hall–Kier alpha value is -3.31. The summed E-state index contributed by atoms with van der Waals surface area (Å²) in [5.41, 5.74) is 5.23. The molecule has 2 aromatic rings. The number of nitro groups is 1. The highest BCUT2D eigenvalue weighted by Gasteiger charge is 2.23. The molecular weight excluding hydrogens is 400 g/mol. The summed E-state index contributed by atoms with van der Waals surface area (Å²) in [5, 5.41) is 11.0. The van der Waals surface area contributed by atoms with E-state index < -0.39 is 33.3 Å². The lowest BCUT2D eigenvalue weighted by molar-refractivity contribution is -0.385. The Balaban J connectivity index is 1.99. The van der Waals surface area contributed by atoms with Crippen LogP contribution in [0, 0.1) is 24.0 Å². The number of hydrogen-bond donors (Lipinski definition) is 2. The number of likely N-dealkylation sites (N-methyl/N-ethyl adjacent to an activating group) is 1. The zero-order valence-electron chi connectivity index (χ0n) is 16.0. The first-order valence-electron chi connectivity index (χ1n) is 8.39. The SMILES string of the molecule is Cc1ccc(S(=O)(=O)N(C)CC(=O)NNC(=O)c2ccc(C)c([N+](=O)[O-])c2)cc1. The standard InChI is InChI=1S/C18H20N4O6S/c1-12-4-8-15(9-5-12)29(27,28)21(3)11-17(23)19-20-18(24)14-7-6-13(2)16(10-14)22(25)26/h4-10H,11H2,1-3H3,(H,19,23)(H,20,24). The predicted molar refractivity (Wildman–Crippen MR) is 104 cm³/mol. The summed E-state index contributed by atoms with van der Waals surface area (Å²) in [6, 6.07) is 10.0. The van der Waals surface area contributed by atoms with Crippen molar-refractivity contribution in [2.24, 2.45) is 0 Å². The van der Waals surface area contributed by atoms with Crippen LogP contribution in [0.1, 0.15) is 21.5 Å². The molecule has 0 saturated carbocycles. The third kappa shape index (κ3) is 5.36. The summed E-state index contributed by atoms with van der Waals surface area (Å²) in [6.45, 7) is 2.81. The van der Waals surface area contributed by atoms with Gasteiger partial charge in [-0.1, -0.05) is 23.8 Å². The van der Waals surface area contributed by atoms with Crippen molar-refractivity contribution in [2.75, 3.05) is 13.6 Å². The van der Waals surface area contributed by atoms with Gasteiger partial charge in [-0.3, -0.25) is 30.6 Å². The van der Waals surface area contributed by atoms with Gasteiger partial charge in [0.2, 0.25) is 10.0 Å². The molecule has 0 radical (unpaired) electrons. The van der Waals surface area contributed by atoms with Crippen LogP contribution in [-0.2, 0) is 14.8 Å². The van der Waals surface area contributed by atoms with Crippen molar-refractivity contribution in [1.29, 1.82) is 0 Å². The maximum atomic E-state index is 12.5. The van der Waals surface area contributed by atoms with Crippen molar-refractivity contribution in [1.82, 2.24) is 15.2 Å². The molecule has 0 bridgehead atoms. The first-order chi connectivity index (χ1) is 13.5. The number of hydrogen-bond acceptors (Lipinski definition) is 6. The molecule has 0 aliphatic heterocycles. The Kier molecular flexibility index (Phi) is 6.67. The van der Waals surface area contributed by atoms with E-state index in [4.69, 9.17) is 0 Å². The fourth-order valence-electron chi connectivity index (χ4n) is 2.36. The molecule has 2 N–H and O–H groups in total. The zero-order valence-corrected chi connectivity index (χ0v) is 16.8. The van der Waals surface area contributed by atoms with Crippen LogP contribution >= 0.6 is 0 Å². The second-order valence-electron chi connectivity index (χ2n) is 6.33. The van der Waals surface area contributed by atoms with Crippen LogP contribution in [0.2, 0.25) is 0 Å². The van der Waals surface area contributed by atoms with Crippen LogP contribution in [0.15, 0.2) is 47.4 Å². The number of aryl methyl sites for hydroxylation is 2. The molecule has 29 heavy (non-hydrogen) atoms. The second kappa shape index (κ2) is 8.80. The summed E-state index contributed by atoms with van der Waals surface area (Å²) in [7, 11) is -2.64. The minimum atomic E-state index is -3.88. The van der Waals surface area contributed by atoms with E-state index in [1.165, 1.54) is 38.2 Å². The van der Waals surface area contributed by atoms with Crippen molar-refractivity contribution in [2.45, 2.75) is 18.7 Å². The van der Waals surface area contributed by atoms with Crippen LogP contribution in [0.3, 0.4) is 0 Å². The van der Waals surface area contributed by atoms with Gasteiger partial charge in [-0.2, -0.15) is 4.31 Å². The van der Waals surface area contributed by atoms with E-state index in [-0.39, 0.29) is 16.1 Å². The molecule has 2 aromatic carbocycles. The molecule has 0 aliphatic rings. The minimum Gasteiger partial charge on any atom is -0.272 e. The number of benzene rings is 2. The average molecular weight is 420 g/mol. The Morgan fingerprint density at radius 3 is 2.28 bits per heavy atom. The van der Waals surface area contributed by atoms with Gasteiger partial charge in [-0.05, 0) is 32.0 Å². The Morgan fingerprint density at radius 2 is 1.69 bits per heavy atom. The minimum absolute atomic E-state index is 0.0248. The third-order valence-electron chi connectivity index (χ3n) is 4.08. The van der Waals surface area contributed by atoms with E-state index in [1.54, 1.807) is 12.1 Å². The molecule has 0 atom stereocenters. The molecule has 154 valence electrons. The molecule has 0 saturated heterocycles. The number of nitrogens with one attached hydrogen (secondary N) is 2. The van der Waals surface area contributed by atoms with Crippen LogP contribution in [-0.4, -0.2) is 43.1 Å². The molecule has 11 heteroatoms. The highest BCUT2D eigenvalue weighted by Crippen LogP contribution is 2.19. The Morgan fingerprint density at radius 1 is 1.07 bits per heavy atom. The summed E-state index contributed by atoms with van der Waals surface area (Å²) >= 11 is 0. The van der Waals surface area contributed by atoms with Crippen molar-refractivity contribution < 1.29 is 22.9 Å². The van der Waals surface area contributed by atoms with Crippen LogP contribution in [0.5, 0.6) is 0 Å². The molecule has 2 rings (SSSR count). The maximum Gasteiger partial charge on any atom is 0.273 e. The molecule has 0 heterocycles. The number of carbonyl (C=O) groups is 2. The summed E-state index contributed by atoms with van der Waals surface area (Å²) < 4.78 is 25.8. The van der Waals surface area contributed by atoms with Crippen molar-refractivity contribution in [3.63, 3.8) is 0 Å². The van der Waals surface area contributed by atoms with Gasteiger partial charge in [-0.15, -0.1) is 0 Å². The highest BCUT2D eigenvalue weighted by atomic mass is 32.2. The number of nitrogens with zero attached hydrogens (tertiary/aromatic N) is 2. The van der Waals surface area contributed by atoms with E-state index >= 15 is 0 Å². The monoisotopic (exact) mass is 420 g/mol. The van der Waals surface area contributed by atoms with Gasteiger partial charge in [0.1, 0.15) is 0 Å². The molecule has 2 amide bonds. The summed E-state index contributed by atoms with van der Waals surface area (Å²) in [5.74, 6) is -1.55. The maximum absolute atomic E-state index is 12.5. The van der Waals surface area contributed by atoms with Crippen LogP contribution < -0.4 is 10.9 Å². The first kappa shape index (κ1) is 22.0. The van der Waals surface area contributed by atoms with E-state index in [0.717, 1.165) is 15.9 Å². The fourth-order valence-corrected chi connectivity index (χ4v) is 3.49. The molecule has 0 aliphatic carbocycles. The Bertz CT molecular complexity index is 1050. The molecule has 0 unspecified atom stereocenters. The summed E-state index contributed by atoms with van der Waals surface area (Å²) in [4.78, 5) is 34.5. The lowest BCUT2D eigenvalue weighted by Gasteiger charge is -2.17. The van der Waals surface area contributed by atoms with Gasteiger partial charge in [0.25, 0.3) is 17.5 Å². The van der Waals surface area contributed by atoms with Crippen molar-refractivity contribution in [3.05, 3.63) is 69.3 Å². The van der Waals surface area contributed by atoms with Crippen molar-refractivity contribution >= 4 is 27.5 Å². The number of nitro benzene ring substituents is 1. The van der Waals surface area contributed by atoms with Gasteiger partial charge < -0.3 is 0 Å². The van der Waals surface area contributed by atoms with E-state index in [1.807, 2.05) is 6.92 Å². The highest BCUT2D eigenvalue weighted by molar-refractivity contribution is 7.89. The number of amides is 2. The van der Waals surface area contributed by atoms with Gasteiger partial charge in [0.15, 0.2) is 0 Å². The average Bonchev–Trinajstić information content (AvgIpc) is 2.66. The van der Waals surface area contributed by atoms with E-state index in [9.17, 15) is 28.1 Å². The van der Waals surface area contributed by atoms with Crippen molar-refractivity contribution in [3.8, 4) is 0 Å². The number of hydrazine groups is 1. The van der Waals surface area contributed by atoms with Crippen LogP contribution in [0.25, 0.3) is 0 Å². The molecule has 0 spiro atoms.